The van der Waals surface area contributed by atoms with Gasteiger partial charge >= 0.3 is 0 Å². The van der Waals surface area contributed by atoms with Crippen LogP contribution >= 0.6 is 0 Å². The summed E-state index contributed by atoms with van der Waals surface area (Å²) in [5.74, 6) is -1.28. The molecular weight excluding hydrogens is 541 g/mol. The molecule has 2 aromatic carbocycles. The molecule has 0 spiro atoms. The van der Waals surface area contributed by atoms with Crippen molar-refractivity contribution in [3.8, 4) is 17.0 Å². The van der Waals surface area contributed by atoms with E-state index in [2.05, 4.69) is 14.9 Å². The number of halogens is 3. The highest BCUT2D eigenvalue weighted by Gasteiger charge is 2.28. The number of fused-ring (bicyclic) bond motifs is 1. The molecule has 5 rings (SSSR count). The quantitative estimate of drug-likeness (QED) is 0.386. The maximum Gasteiger partial charge on any atom is 0.178 e. The zero-order valence-electron chi connectivity index (χ0n) is 22.8. The number of hydrogen-bond acceptors (Lipinski definition) is 7. The number of piperidine rings is 1. The standard InChI is InChI=1S/C29H33F3N4O3S/c1-4-18(2)36-11-12-39-29-23(31)15-20(16-26(29)36)28-24(32)17-33-27(34-28)14-19-5-6-25(22(30)13-19)35-9-7-21(8-10-35)40(3,37)38/h5-6,13,15-18,21H,4,7-12,14H2,1-3H3. The first kappa shape index (κ1) is 28.2. The Balaban J connectivity index is 1.37. The Kier molecular flexibility index (Phi) is 7.94. The first-order valence-corrected chi connectivity index (χ1v) is 15.5. The summed E-state index contributed by atoms with van der Waals surface area (Å²) >= 11 is 0. The lowest BCUT2D eigenvalue weighted by atomic mass is 10.0. The van der Waals surface area contributed by atoms with E-state index in [-0.39, 0.29) is 35.3 Å². The molecule has 0 saturated carbocycles. The summed E-state index contributed by atoms with van der Waals surface area (Å²) in [6.07, 6.45) is 4.20. The van der Waals surface area contributed by atoms with E-state index >= 15 is 8.78 Å². The molecule has 1 fully saturated rings. The molecule has 40 heavy (non-hydrogen) atoms. The lowest BCUT2D eigenvalue weighted by Crippen LogP contribution is -2.39. The summed E-state index contributed by atoms with van der Waals surface area (Å²) in [6.45, 7) is 5.97. The van der Waals surface area contributed by atoms with Gasteiger partial charge in [0.25, 0.3) is 0 Å². The topological polar surface area (TPSA) is 75.6 Å². The highest BCUT2D eigenvalue weighted by molar-refractivity contribution is 7.91. The summed E-state index contributed by atoms with van der Waals surface area (Å²) in [5, 5.41) is -0.398. The van der Waals surface area contributed by atoms with Gasteiger partial charge in [-0.05, 0) is 56.0 Å². The first-order chi connectivity index (χ1) is 19.0. The van der Waals surface area contributed by atoms with E-state index in [1.54, 1.807) is 18.2 Å². The number of hydrogen-bond donors (Lipinski definition) is 0. The zero-order chi connectivity index (χ0) is 28.6. The molecule has 0 radical (unpaired) electrons. The third kappa shape index (κ3) is 5.75. The van der Waals surface area contributed by atoms with Crippen LogP contribution in [0.1, 0.15) is 44.5 Å². The van der Waals surface area contributed by atoms with Gasteiger partial charge in [0.15, 0.2) is 17.4 Å². The fraction of sp³-hybridized carbons (Fsp3) is 0.448. The number of ether oxygens (including phenoxy) is 1. The molecule has 7 nitrogen and oxygen atoms in total. The molecule has 0 amide bonds. The molecule has 1 saturated heterocycles. The average molecular weight is 575 g/mol. The maximum atomic E-state index is 15.1. The van der Waals surface area contributed by atoms with Gasteiger partial charge in [0.2, 0.25) is 0 Å². The van der Waals surface area contributed by atoms with Crippen LogP contribution < -0.4 is 14.5 Å². The lowest BCUT2D eigenvalue weighted by molar-refractivity contribution is 0.285. The van der Waals surface area contributed by atoms with Crippen molar-refractivity contribution < 1.29 is 26.3 Å². The van der Waals surface area contributed by atoms with E-state index in [1.165, 1.54) is 18.4 Å². The fourth-order valence-corrected chi connectivity index (χ4v) is 6.50. The number of rotatable bonds is 7. The predicted octanol–water partition coefficient (Wildman–Crippen LogP) is 5.16. The first-order valence-electron chi connectivity index (χ1n) is 13.5. The molecule has 1 atom stereocenters. The second kappa shape index (κ2) is 11.3. The minimum Gasteiger partial charge on any atom is -0.486 e. The van der Waals surface area contributed by atoms with Crippen LogP contribution in [0.3, 0.4) is 0 Å². The van der Waals surface area contributed by atoms with Crippen LogP contribution in [0, 0.1) is 17.5 Å². The molecule has 214 valence electrons. The van der Waals surface area contributed by atoms with E-state index in [0.717, 1.165) is 12.6 Å². The second-order valence-corrected chi connectivity index (χ2v) is 12.9. The van der Waals surface area contributed by atoms with Crippen LogP contribution in [0.15, 0.2) is 36.5 Å². The largest absolute Gasteiger partial charge is 0.486 e. The van der Waals surface area contributed by atoms with Gasteiger partial charge in [0.05, 0.1) is 29.4 Å². The molecule has 11 heteroatoms. The Morgan fingerprint density at radius 2 is 1.77 bits per heavy atom. The highest BCUT2D eigenvalue weighted by Crippen LogP contribution is 2.39. The number of benzene rings is 2. The summed E-state index contributed by atoms with van der Waals surface area (Å²) < 4.78 is 74.3. The van der Waals surface area contributed by atoms with Gasteiger partial charge in [0.1, 0.15) is 33.8 Å². The van der Waals surface area contributed by atoms with Crippen LogP contribution in [0.2, 0.25) is 0 Å². The number of anilines is 2. The molecule has 1 aromatic heterocycles. The van der Waals surface area contributed by atoms with Crippen molar-refractivity contribution >= 4 is 21.2 Å². The molecule has 0 bridgehead atoms. The van der Waals surface area contributed by atoms with Gasteiger partial charge < -0.3 is 14.5 Å². The fourth-order valence-electron chi connectivity index (χ4n) is 5.43. The summed E-state index contributed by atoms with van der Waals surface area (Å²) in [4.78, 5) is 12.4. The number of sulfone groups is 1. The molecule has 2 aliphatic heterocycles. The third-order valence-electron chi connectivity index (χ3n) is 7.86. The zero-order valence-corrected chi connectivity index (χ0v) is 23.6. The van der Waals surface area contributed by atoms with Crippen LogP contribution in [-0.2, 0) is 16.3 Å². The number of nitrogens with zero attached hydrogens (tertiary/aromatic N) is 4. The van der Waals surface area contributed by atoms with Crippen molar-refractivity contribution in [3.05, 3.63) is 65.4 Å². The van der Waals surface area contributed by atoms with Gasteiger partial charge in [-0.25, -0.2) is 31.6 Å². The van der Waals surface area contributed by atoms with Crippen LogP contribution in [0.25, 0.3) is 11.3 Å². The van der Waals surface area contributed by atoms with Crippen LogP contribution in [-0.4, -0.2) is 62.2 Å². The third-order valence-corrected chi connectivity index (χ3v) is 9.55. The van der Waals surface area contributed by atoms with Crippen molar-refractivity contribution in [1.29, 1.82) is 0 Å². The highest BCUT2D eigenvalue weighted by atomic mass is 32.2. The van der Waals surface area contributed by atoms with E-state index in [1.807, 2.05) is 18.7 Å². The SMILES string of the molecule is CCC(C)N1CCOc2c(F)cc(-c3nc(Cc4ccc(N5CCC(S(C)(=O)=O)CC5)c(F)c4)ncc3F)cc21. The van der Waals surface area contributed by atoms with Crippen molar-refractivity contribution in [1.82, 2.24) is 9.97 Å². The van der Waals surface area contributed by atoms with E-state index in [4.69, 9.17) is 4.74 Å². The normalized spacial score (nSPS) is 16.9. The molecule has 3 heterocycles. The van der Waals surface area contributed by atoms with Gasteiger partial charge in [-0.3, -0.25) is 0 Å². The van der Waals surface area contributed by atoms with Crippen molar-refractivity contribution in [2.75, 3.05) is 42.3 Å². The Morgan fingerprint density at radius 1 is 1.02 bits per heavy atom. The van der Waals surface area contributed by atoms with Gasteiger partial charge in [-0.1, -0.05) is 13.0 Å². The Morgan fingerprint density at radius 3 is 2.45 bits per heavy atom. The molecule has 3 aromatic rings. The Hall–Kier alpha value is -3.34. The molecular formula is C29H33F3N4O3S. The average Bonchev–Trinajstić information content (AvgIpc) is 2.93. The smallest absolute Gasteiger partial charge is 0.178 e. The maximum absolute atomic E-state index is 15.1. The predicted molar refractivity (Wildman–Crippen MR) is 149 cm³/mol. The summed E-state index contributed by atoms with van der Waals surface area (Å²) in [6, 6.07) is 7.87. The molecule has 1 unspecified atom stereocenters. The Bertz CT molecular complexity index is 1510. The van der Waals surface area contributed by atoms with E-state index in [9.17, 15) is 12.8 Å². The molecule has 0 aliphatic carbocycles. The van der Waals surface area contributed by atoms with Gasteiger partial charge in [-0.2, -0.15) is 0 Å². The second-order valence-electron chi connectivity index (χ2n) is 10.6. The van der Waals surface area contributed by atoms with E-state index < -0.39 is 32.5 Å². The van der Waals surface area contributed by atoms with Crippen LogP contribution in [0.5, 0.6) is 5.75 Å². The minimum absolute atomic E-state index is 0.0350. The summed E-state index contributed by atoms with van der Waals surface area (Å²) in [5.41, 5.74) is 1.81. The van der Waals surface area contributed by atoms with Crippen molar-refractivity contribution in [2.45, 2.75) is 50.8 Å². The number of aromatic nitrogens is 2. The van der Waals surface area contributed by atoms with Gasteiger partial charge in [-0.15, -0.1) is 0 Å². The molecule has 0 N–H and O–H groups in total. The minimum atomic E-state index is -3.12. The lowest BCUT2D eigenvalue weighted by Gasteiger charge is -2.36. The molecule has 2 aliphatic rings. The monoisotopic (exact) mass is 574 g/mol. The Labute approximate surface area is 232 Å². The van der Waals surface area contributed by atoms with Crippen molar-refractivity contribution in [2.24, 2.45) is 0 Å². The van der Waals surface area contributed by atoms with E-state index in [0.29, 0.717) is 56.0 Å². The summed E-state index contributed by atoms with van der Waals surface area (Å²) in [7, 11) is -3.12. The van der Waals surface area contributed by atoms with Crippen molar-refractivity contribution in [3.63, 3.8) is 0 Å². The van der Waals surface area contributed by atoms with Crippen LogP contribution in [0.4, 0.5) is 24.5 Å². The van der Waals surface area contributed by atoms with Gasteiger partial charge in [0, 0.05) is 37.4 Å².